The van der Waals surface area contributed by atoms with Gasteiger partial charge in [-0.2, -0.15) is 5.10 Å². The topological polar surface area (TPSA) is 43.6 Å². The molecule has 0 unspecified atom stereocenters. The van der Waals surface area contributed by atoms with E-state index in [1.54, 1.807) is 6.20 Å². The van der Waals surface area contributed by atoms with E-state index in [-0.39, 0.29) is 0 Å². The summed E-state index contributed by atoms with van der Waals surface area (Å²) in [6.07, 6.45) is 6.13. The first-order valence-electron chi connectivity index (χ1n) is 3.44. The van der Waals surface area contributed by atoms with Crippen LogP contribution >= 0.6 is 23.2 Å². The molecule has 4 nitrogen and oxygen atoms in total. The molecule has 2 aromatic heterocycles. The molecule has 0 radical (unpaired) electrons. The van der Waals surface area contributed by atoms with Crippen LogP contribution in [0, 0.1) is 0 Å². The van der Waals surface area contributed by atoms with Crippen LogP contribution in [0.25, 0.3) is 5.82 Å². The van der Waals surface area contributed by atoms with Gasteiger partial charge in [0, 0.05) is 0 Å². The van der Waals surface area contributed by atoms with Crippen molar-refractivity contribution in [2.75, 3.05) is 0 Å². The fourth-order valence-corrected chi connectivity index (χ4v) is 1.08. The van der Waals surface area contributed by atoms with Crippen molar-refractivity contribution in [1.82, 2.24) is 19.7 Å². The van der Waals surface area contributed by atoms with Crippen LogP contribution in [0.15, 0.2) is 24.8 Å². The normalized spacial score (nSPS) is 10.3. The van der Waals surface area contributed by atoms with Crippen LogP contribution in [0.1, 0.15) is 0 Å². The lowest BCUT2D eigenvalue weighted by Crippen LogP contribution is -1.97. The van der Waals surface area contributed by atoms with Gasteiger partial charge in [-0.3, -0.25) is 0 Å². The van der Waals surface area contributed by atoms with Gasteiger partial charge in [-0.05, 0) is 0 Å². The quantitative estimate of drug-likeness (QED) is 0.730. The van der Waals surface area contributed by atoms with E-state index in [2.05, 4.69) is 15.1 Å². The van der Waals surface area contributed by atoms with Gasteiger partial charge < -0.3 is 0 Å². The van der Waals surface area contributed by atoms with E-state index in [1.165, 1.54) is 23.3 Å². The summed E-state index contributed by atoms with van der Waals surface area (Å²) in [5, 5.41) is 4.86. The second-order valence-corrected chi connectivity index (χ2v) is 3.12. The minimum Gasteiger partial charge on any atom is -0.239 e. The molecule has 0 amide bonds. The van der Waals surface area contributed by atoms with E-state index in [0.717, 1.165) is 0 Å². The molecule has 0 aliphatic carbocycles. The maximum absolute atomic E-state index is 5.68. The Balaban J connectivity index is 2.41. The van der Waals surface area contributed by atoms with Crippen molar-refractivity contribution in [3.8, 4) is 5.82 Å². The first kappa shape index (κ1) is 8.47. The van der Waals surface area contributed by atoms with E-state index >= 15 is 0 Å². The van der Waals surface area contributed by atoms with Crippen LogP contribution in [0.5, 0.6) is 0 Å². The van der Waals surface area contributed by atoms with Crippen LogP contribution in [0.4, 0.5) is 0 Å². The maximum atomic E-state index is 5.68. The van der Waals surface area contributed by atoms with Crippen LogP contribution in [0.2, 0.25) is 10.2 Å². The molecule has 0 N–H and O–H groups in total. The molecule has 0 aromatic carbocycles. The van der Waals surface area contributed by atoms with Gasteiger partial charge in [0.05, 0.1) is 29.8 Å². The smallest absolute Gasteiger partial charge is 0.171 e. The summed E-state index contributed by atoms with van der Waals surface area (Å²) in [7, 11) is 0. The van der Waals surface area contributed by atoms with Crippen LogP contribution in [0.3, 0.4) is 0 Å². The number of nitrogens with zero attached hydrogens (tertiary/aromatic N) is 4. The van der Waals surface area contributed by atoms with Gasteiger partial charge in [0.2, 0.25) is 0 Å². The van der Waals surface area contributed by atoms with Crippen LogP contribution in [-0.4, -0.2) is 19.7 Å². The largest absolute Gasteiger partial charge is 0.239 e. The predicted molar refractivity (Wildman–Crippen MR) is 49.2 cm³/mol. The minimum absolute atomic E-state index is 0.349. The first-order chi connectivity index (χ1) is 6.25. The zero-order chi connectivity index (χ0) is 9.26. The van der Waals surface area contributed by atoms with Gasteiger partial charge in [0.1, 0.15) is 5.15 Å². The zero-order valence-corrected chi connectivity index (χ0v) is 7.87. The lowest BCUT2D eigenvalue weighted by molar-refractivity contribution is 0.838. The standard InChI is InChI=1S/C7H4Cl2N4/c8-5-1-12-13(4-5)7-3-10-6(9)2-11-7/h1-4H. The minimum atomic E-state index is 0.349. The molecular formula is C7H4Cl2N4. The van der Waals surface area contributed by atoms with E-state index in [1.807, 2.05) is 0 Å². The second kappa shape index (κ2) is 3.32. The zero-order valence-electron chi connectivity index (χ0n) is 6.35. The highest BCUT2D eigenvalue weighted by Crippen LogP contribution is 2.09. The molecule has 0 bridgehead atoms. The first-order valence-corrected chi connectivity index (χ1v) is 4.19. The summed E-state index contributed by atoms with van der Waals surface area (Å²) in [6.45, 7) is 0. The summed E-state index contributed by atoms with van der Waals surface area (Å²) < 4.78 is 1.52. The molecule has 2 heterocycles. The lowest BCUT2D eigenvalue weighted by atomic mass is 10.6. The summed E-state index contributed by atoms with van der Waals surface area (Å²) in [5.41, 5.74) is 0. The Morgan fingerprint density at radius 1 is 1.08 bits per heavy atom. The molecule has 0 aliphatic heterocycles. The van der Waals surface area contributed by atoms with Crippen molar-refractivity contribution in [2.24, 2.45) is 0 Å². The van der Waals surface area contributed by atoms with Crippen LogP contribution < -0.4 is 0 Å². The van der Waals surface area contributed by atoms with Gasteiger partial charge in [-0.15, -0.1) is 0 Å². The molecule has 66 valence electrons. The molecule has 0 aliphatic rings. The molecule has 0 fully saturated rings. The Kier molecular flexibility index (Phi) is 2.16. The Morgan fingerprint density at radius 2 is 1.92 bits per heavy atom. The maximum Gasteiger partial charge on any atom is 0.171 e. The van der Waals surface area contributed by atoms with Crippen molar-refractivity contribution in [3.63, 3.8) is 0 Å². The summed E-state index contributed by atoms with van der Waals surface area (Å²) in [4.78, 5) is 7.87. The second-order valence-electron chi connectivity index (χ2n) is 2.30. The van der Waals surface area contributed by atoms with Gasteiger partial charge in [0.25, 0.3) is 0 Å². The van der Waals surface area contributed by atoms with Crippen molar-refractivity contribution in [3.05, 3.63) is 35.0 Å². The molecule has 0 saturated heterocycles. The van der Waals surface area contributed by atoms with E-state index in [9.17, 15) is 0 Å². The Labute approximate surface area is 84.1 Å². The van der Waals surface area contributed by atoms with Crippen molar-refractivity contribution >= 4 is 23.2 Å². The Morgan fingerprint density at radius 3 is 2.46 bits per heavy atom. The molecule has 0 atom stereocenters. The monoisotopic (exact) mass is 214 g/mol. The molecule has 0 spiro atoms. The lowest BCUT2D eigenvalue weighted by Gasteiger charge is -1.97. The Bertz CT molecular complexity index is 409. The van der Waals surface area contributed by atoms with E-state index < -0.39 is 0 Å². The van der Waals surface area contributed by atoms with E-state index in [0.29, 0.717) is 16.0 Å². The summed E-state index contributed by atoms with van der Waals surface area (Å²) in [5.74, 6) is 0.580. The van der Waals surface area contributed by atoms with Crippen molar-refractivity contribution < 1.29 is 0 Å². The Hall–Kier alpha value is -1.13. The third-order valence-corrected chi connectivity index (χ3v) is 1.78. The molecule has 2 aromatic rings. The predicted octanol–water partition coefficient (Wildman–Crippen LogP) is 1.97. The van der Waals surface area contributed by atoms with Crippen molar-refractivity contribution in [1.29, 1.82) is 0 Å². The average molecular weight is 215 g/mol. The van der Waals surface area contributed by atoms with Gasteiger partial charge in [-0.25, -0.2) is 14.6 Å². The average Bonchev–Trinajstić information content (AvgIpc) is 2.53. The highest BCUT2D eigenvalue weighted by Gasteiger charge is 2.00. The number of rotatable bonds is 1. The van der Waals surface area contributed by atoms with Gasteiger partial charge in [0.15, 0.2) is 5.82 Å². The third kappa shape index (κ3) is 1.79. The van der Waals surface area contributed by atoms with E-state index in [4.69, 9.17) is 23.2 Å². The van der Waals surface area contributed by atoms with Gasteiger partial charge >= 0.3 is 0 Å². The fraction of sp³-hybridized carbons (Fsp3) is 0. The SMILES string of the molecule is Clc1cnn(-c2cnc(Cl)cn2)c1. The molecule has 2 rings (SSSR count). The molecule has 0 saturated carbocycles. The number of halogens is 2. The molecule has 13 heavy (non-hydrogen) atoms. The highest BCUT2D eigenvalue weighted by atomic mass is 35.5. The van der Waals surface area contributed by atoms with Gasteiger partial charge in [-0.1, -0.05) is 23.2 Å². The van der Waals surface area contributed by atoms with Crippen molar-refractivity contribution in [2.45, 2.75) is 0 Å². The third-order valence-electron chi connectivity index (χ3n) is 1.39. The summed E-state index contributed by atoms with van der Waals surface area (Å²) in [6, 6.07) is 0. The highest BCUT2D eigenvalue weighted by molar-refractivity contribution is 6.30. The number of aromatic nitrogens is 4. The fourth-order valence-electron chi connectivity index (χ4n) is 0.850. The number of hydrogen-bond donors (Lipinski definition) is 0. The molecular weight excluding hydrogens is 211 g/mol. The van der Waals surface area contributed by atoms with Crippen LogP contribution in [-0.2, 0) is 0 Å². The number of hydrogen-bond acceptors (Lipinski definition) is 3. The molecule has 6 heteroatoms. The summed E-state index contributed by atoms with van der Waals surface area (Å²) >= 11 is 11.3.